The highest BCUT2D eigenvalue weighted by Gasteiger charge is 2.26. The molecular formula is C18H22N4O3S2. The first-order chi connectivity index (χ1) is 12.6. The third-order valence-corrected chi connectivity index (χ3v) is 5.10. The highest BCUT2D eigenvalue weighted by atomic mass is 32.1. The van der Waals surface area contributed by atoms with E-state index < -0.39 is 5.97 Å². The standard InChI is InChI=1S/C18H22N4O3S2/c1-9-7-10(2)19-12(8-9)20-18(26)21-15-13(17(24)25-6)11(3)14(27-15)16(23)22(4)5/h7-8H,1-6H3,(H2,19,20,21,26). The quantitative estimate of drug-likeness (QED) is 0.595. The molecular weight excluding hydrogens is 384 g/mol. The summed E-state index contributed by atoms with van der Waals surface area (Å²) in [6.45, 7) is 5.58. The van der Waals surface area contributed by atoms with E-state index in [1.807, 2.05) is 26.0 Å². The summed E-state index contributed by atoms with van der Waals surface area (Å²) in [4.78, 5) is 30.9. The Morgan fingerprint density at radius 1 is 1.19 bits per heavy atom. The fourth-order valence-electron chi connectivity index (χ4n) is 2.51. The maximum Gasteiger partial charge on any atom is 0.341 e. The van der Waals surface area contributed by atoms with Crippen LogP contribution in [0.5, 0.6) is 0 Å². The predicted octanol–water partition coefficient (Wildman–Crippen LogP) is 3.37. The van der Waals surface area contributed by atoms with Crippen LogP contribution in [0.3, 0.4) is 0 Å². The van der Waals surface area contributed by atoms with Crippen LogP contribution in [0.25, 0.3) is 0 Å². The van der Waals surface area contributed by atoms with E-state index in [9.17, 15) is 9.59 Å². The van der Waals surface area contributed by atoms with Crippen LogP contribution in [0, 0.1) is 20.8 Å². The summed E-state index contributed by atoms with van der Waals surface area (Å²) in [5.74, 6) is -0.121. The molecule has 0 bridgehead atoms. The smallest absolute Gasteiger partial charge is 0.341 e. The van der Waals surface area contributed by atoms with Crippen molar-refractivity contribution in [3.05, 3.63) is 39.4 Å². The highest BCUT2D eigenvalue weighted by molar-refractivity contribution is 7.80. The Hall–Kier alpha value is -2.52. The minimum atomic E-state index is -0.531. The van der Waals surface area contributed by atoms with E-state index in [4.69, 9.17) is 17.0 Å². The summed E-state index contributed by atoms with van der Waals surface area (Å²) in [6.07, 6.45) is 0. The molecule has 7 nitrogen and oxygen atoms in total. The van der Waals surface area contributed by atoms with Gasteiger partial charge >= 0.3 is 5.97 Å². The first-order valence-electron chi connectivity index (χ1n) is 8.10. The third kappa shape index (κ3) is 4.81. The first-order valence-corrected chi connectivity index (χ1v) is 9.33. The summed E-state index contributed by atoms with van der Waals surface area (Å²) >= 11 is 6.51. The Kier molecular flexibility index (Phi) is 6.50. The number of nitrogens with zero attached hydrogens (tertiary/aromatic N) is 2. The number of pyridine rings is 1. The molecule has 0 radical (unpaired) electrons. The lowest BCUT2D eigenvalue weighted by atomic mass is 10.1. The number of anilines is 2. The lowest BCUT2D eigenvalue weighted by molar-refractivity contribution is 0.0601. The number of rotatable bonds is 4. The van der Waals surface area contributed by atoms with Gasteiger partial charge in [0.15, 0.2) is 5.11 Å². The first kappa shape index (κ1) is 20.8. The highest BCUT2D eigenvalue weighted by Crippen LogP contribution is 2.34. The topological polar surface area (TPSA) is 83.6 Å². The number of aryl methyl sites for hydroxylation is 2. The van der Waals surface area contributed by atoms with Gasteiger partial charge in [-0.15, -0.1) is 11.3 Å². The molecule has 27 heavy (non-hydrogen) atoms. The largest absolute Gasteiger partial charge is 0.465 e. The minimum absolute atomic E-state index is 0.189. The number of carbonyl (C=O) groups is 2. The molecule has 0 saturated carbocycles. The van der Waals surface area contributed by atoms with Crippen LogP contribution in [0.4, 0.5) is 10.8 Å². The van der Waals surface area contributed by atoms with E-state index in [1.165, 1.54) is 12.0 Å². The second kappa shape index (κ2) is 8.45. The molecule has 2 aromatic rings. The number of methoxy groups -OCH3 is 1. The third-order valence-electron chi connectivity index (χ3n) is 3.70. The number of ether oxygens (including phenoxy) is 1. The van der Waals surface area contributed by atoms with E-state index in [1.54, 1.807) is 21.0 Å². The lowest BCUT2D eigenvalue weighted by Crippen LogP contribution is -2.21. The van der Waals surface area contributed by atoms with Crippen molar-refractivity contribution < 1.29 is 14.3 Å². The molecule has 1 amide bonds. The number of carbonyl (C=O) groups excluding carboxylic acids is 2. The maximum atomic E-state index is 12.4. The molecule has 0 aliphatic rings. The van der Waals surface area contributed by atoms with Gasteiger partial charge in [-0.3, -0.25) is 4.79 Å². The summed E-state index contributed by atoms with van der Waals surface area (Å²) in [5, 5.41) is 6.72. The zero-order valence-corrected chi connectivity index (χ0v) is 17.7. The van der Waals surface area contributed by atoms with Gasteiger partial charge in [0, 0.05) is 19.8 Å². The molecule has 2 rings (SSSR count). The van der Waals surface area contributed by atoms with Gasteiger partial charge < -0.3 is 20.3 Å². The molecule has 0 spiro atoms. The van der Waals surface area contributed by atoms with Crippen molar-refractivity contribution in [2.75, 3.05) is 31.8 Å². The van der Waals surface area contributed by atoms with E-state index >= 15 is 0 Å². The zero-order valence-electron chi connectivity index (χ0n) is 16.1. The number of thiophene rings is 1. The molecule has 9 heteroatoms. The van der Waals surface area contributed by atoms with Crippen molar-refractivity contribution in [1.82, 2.24) is 9.88 Å². The van der Waals surface area contributed by atoms with E-state index in [-0.39, 0.29) is 11.0 Å². The van der Waals surface area contributed by atoms with Crippen molar-refractivity contribution in [3.63, 3.8) is 0 Å². The van der Waals surface area contributed by atoms with Crippen molar-refractivity contribution in [1.29, 1.82) is 0 Å². The Morgan fingerprint density at radius 3 is 2.41 bits per heavy atom. The Morgan fingerprint density at radius 2 is 1.85 bits per heavy atom. The second-order valence-electron chi connectivity index (χ2n) is 6.20. The average Bonchev–Trinajstić information content (AvgIpc) is 2.88. The van der Waals surface area contributed by atoms with E-state index in [0.717, 1.165) is 22.6 Å². The van der Waals surface area contributed by atoms with Gasteiger partial charge in [-0.05, 0) is 56.2 Å². The number of nitrogens with one attached hydrogen (secondary N) is 2. The lowest BCUT2D eigenvalue weighted by Gasteiger charge is -2.11. The van der Waals surface area contributed by atoms with Crippen LogP contribution in [-0.4, -0.2) is 48.1 Å². The van der Waals surface area contributed by atoms with E-state index in [2.05, 4.69) is 15.6 Å². The Bertz CT molecular complexity index is 886. The van der Waals surface area contributed by atoms with Crippen molar-refractivity contribution >= 4 is 51.4 Å². The van der Waals surface area contributed by atoms with Gasteiger partial charge in [-0.25, -0.2) is 9.78 Å². The number of thiocarbonyl (C=S) groups is 1. The van der Waals surface area contributed by atoms with Crippen molar-refractivity contribution in [2.45, 2.75) is 20.8 Å². The van der Waals surface area contributed by atoms with Crippen LogP contribution in [0.1, 0.15) is 36.9 Å². The fourth-order valence-corrected chi connectivity index (χ4v) is 4.00. The molecule has 0 unspecified atom stereocenters. The minimum Gasteiger partial charge on any atom is -0.465 e. The normalized spacial score (nSPS) is 10.3. The average molecular weight is 407 g/mol. The fraction of sp³-hybridized carbons (Fsp3) is 0.333. The molecule has 0 aromatic carbocycles. The Balaban J connectivity index is 2.33. The number of hydrogen-bond acceptors (Lipinski definition) is 6. The van der Waals surface area contributed by atoms with Crippen LogP contribution in [0.2, 0.25) is 0 Å². The number of amides is 1. The van der Waals surface area contributed by atoms with Gasteiger partial charge in [-0.1, -0.05) is 0 Å². The molecule has 0 fully saturated rings. The number of aromatic nitrogens is 1. The van der Waals surface area contributed by atoms with Gasteiger partial charge in [0.1, 0.15) is 10.8 Å². The molecule has 2 N–H and O–H groups in total. The van der Waals surface area contributed by atoms with Gasteiger partial charge in [0.25, 0.3) is 5.91 Å². The zero-order chi connectivity index (χ0) is 20.3. The molecule has 2 heterocycles. The van der Waals surface area contributed by atoms with Crippen LogP contribution >= 0.6 is 23.6 Å². The van der Waals surface area contributed by atoms with Crippen LogP contribution in [-0.2, 0) is 4.74 Å². The number of hydrogen-bond donors (Lipinski definition) is 2. The van der Waals surface area contributed by atoms with Crippen LogP contribution < -0.4 is 10.6 Å². The second-order valence-corrected chi connectivity index (χ2v) is 7.63. The van der Waals surface area contributed by atoms with Gasteiger partial charge in [-0.2, -0.15) is 0 Å². The molecule has 0 atom stereocenters. The Labute approximate surface area is 167 Å². The van der Waals surface area contributed by atoms with Crippen molar-refractivity contribution in [3.8, 4) is 0 Å². The summed E-state index contributed by atoms with van der Waals surface area (Å²) < 4.78 is 4.87. The molecule has 0 aliphatic heterocycles. The number of esters is 1. The summed E-state index contributed by atoms with van der Waals surface area (Å²) in [5.41, 5.74) is 2.76. The SMILES string of the molecule is COC(=O)c1c(NC(=S)Nc2cc(C)cc(C)n2)sc(C(=O)N(C)C)c1C. The van der Waals surface area contributed by atoms with Crippen molar-refractivity contribution in [2.24, 2.45) is 0 Å². The predicted molar refractivity (Wildman–Crippen MR) is 112 cm³/mol. The monoisotopic (exact) mass is 406 g/mol. The van der Waals surface area contributed by atoms with Gasteiger partial charge in [0.05, 0.1) is 17.6 Å². The van der Waals surface area contributed by atoms with Gasteiger partial charge in [0.2, 0.25) is 0 Å². The van der Waals surface area contributed by atoms with E-state index in [0.29, 0.717) is 26.8 Å². The van der Waals surface area contributed by atoms with Crippen LogP contribution in [0.15, 0.2) is 12.1 Å². The molecule has 0 aliphatic carbocycles. The summed E-state index contributed by atoms with van der Waals surface area (Å²) in [6, 6.07) is 3.82. The summed E-state index contributed by atoms with van der Waals surface area (Å²) in [7, 11) is 4.61. The molecule has 2 aromatic heterocycles. The maximum absolute atomic E-state index is 12.4. The molecule has 144 valence electrons. The molecule has 0 saturated heterocycles.